The molecule has 0 rings (SSSR count). The Morgan fingerprint density at radius 1 is 1.20 bits per heavy atom. The monoisotopic (exact) mass is 216 g/mol. The van der Waals surface area contributed by atoms with Crippen molar-refractivity contribution in [2.75, 3.05) is 13.2 Å². The lowest BCUT2D eigenvalue weighted by atomic mass is 10.3. The Hall–Kier alpha value is -1.52. The second-order valence-corrected chi connectivity index (χ2v) is 3.18. The van der Waals surface area contributed by atoms with Crippen LogP contribution in [-0.2, 0) is 19.1 Å². The SMILES string of the molecule is CC(C)=COCCOC(=O)CCC(=O)O. The Bertz CT molecular complexity index is 240. The van der Waals surface area contributed by atoms with Gasteiger partial charge in [-0.25, -0.2) is 0 Å². The van der Waals surface area contributed by atoms with E-state index in [0.29, 0.717) is 0 Å². The second kappa shape index (κ2) is 7.84. The van der Waals surface area contributed by atoms with Crippen LogP contribution in [0.2, 0.25) is 0 Å². The molecule has 1 N–H and O–H groups in total. The fourth-order valence-corrected chi connectivity index (χ4v) is 0.710. The smallest absolute Gasteiger partial charge is 0.306 e. The van der Waals surface area contributed by atoms with Gasteiger partial charge in [-0.2, -0.15) is 0 Å². The van der Waals surface area contributed by atoms with E-state index in [1.54, 1.807) is 6.26 Å². The summed E-state index contributed by atoms with van der Waals surface area (Å²) in [5.74, 6) is -1.52. The fraction of sp³-hybridized carbons (Fsp3) is 0.600. The summed E-state index contributed by atoms with van der Waals surface area (Å²) in [4.78, 5) is 21.0. The molecule has 0 unspecified atom stereocenters. The minimum atomic E-state index is -1.01. The van der Waals surface area contributed by atoms with E-state index in [1.807, 2.05) is 13.8 Å². The first kappa shape index (κ1) is 13.5. The Morgan fingerprint density at radius 2 is 1.87 bits per heavy atom. The normalized spacial score (nSPS) is 9.20. The molecule has 0 saturated carbocycles. The molecular formula is C10H16O5. The third kappa shape index (κ3) is 10.4. The van der Waals surface area contributed by atoms with Crippen LogP contribution in [0.15, 0.2) is 11.8 Å². The number of hydrogen-bond donors (Lipinski definition) is 1. The lowest BCUT2D eigenvalue weighted by molar-refractivity contribution is -0.148. The molecule has 0 bridgehead atoms. The first-order valence-electron chi connectivity index (χ1n) is 4.64. The van der Waals surface area contributed by atoms with E-state index in [2.05, 4.69) is 0 Å². The molecule has 0 radical (unpaired) electrons. The van der Waals surface area contributed by atoms with Gasteiger partial charge in [0.1, 0.15) is 13.2 Å². The Labute approximate surface area is 88.7 Å². The second-order valence-electron chi connectivity index (χ2n) is 3.18. The highest BCUT2D eigenvalue weighted by molar-refractivity contribution is 5.76. The van der Waals surface area contributed by atoms with Crippen LogP contribution >= 0.6 is 0 Å². The zero-order chi connectivity index (χ0) is 11.7. The number of carboxylic acid groups (broad SMARTS) is 1. The predicted molar refractivity (Wildman–Crippen MR) is 53.2 cm³/mol. The number of ether oxygens (including phenoxy) is 2. The third-order valence-electron chi connectivity index (χ3n) is 1.33. The van der Waals surface area contributed by atoms with Crippen molar-refractivity contribution in [2.24, 2.45) is 0 Å². The highest BCUT2D eigenvalue weighted by atomic mass is 16.6. The minimum absolute atomic E-state index is 0.0992. The maximum absolute atomic E-state index is 10.9. The molecule has 0 spiro atoms. The number of allylic oxidation sites excluding steroid dienone is 1. The van der Waals surface area contributed by atoms with Gasteiger partial charge < -0.3 is 14.6 Å². The first-order valence-corrected chi connectivity index (χ1v) is 4.64. The third-order valence-corrected chi connectivity index (χ3v) is 1.33. The Kier molecular flexibility index (Phi) is 7.05. The molecule has 15 heavy (non-hydrogen) atoms. The lowest BCUT2D eigenvalue weighted by Crippen LogP contribution is -2.11. The average molecular weight is 216 g/mol. The van der Waals surface area contributed by atoms with Crippen molar-refractivity contribution in [3.05, 3.63) is 11.8 Å². The minimum Gasteiger partial charge on any atom is -0.498 e. The van der Waals surface area contributed by atoms with Gasteiger partial charge in [0.25, 0.3) is 0 Å². The lowest BCUT2D eigenvalue weighted by Gasteiger charge is -2.03. The van der Waals surface area contributed by atoms with Crippen LogP contribution in [0.4, 0.5) is 0 Å². The van der Waals surface area contributed by atoms with Gasteiger partial charge in [-0.1, -0.05) is 0 Å². The predicted octanol–water partition coefficient (Wildman–Crippen LogP) is 1.33. The van der Waals surface area contributed by atoms with Crippen LogP contribution in [-0.4, -0.2) is 30.3 Å². The standard InChI is InChI=1S/C10H16O5/c1-8(2)7-14-5-6-15-10(13)4-3-9(11)12/h7H,3-6H2,1-2H3,(H,11,12). The molecule has 0 aliphatic heterocycles. The molecule has 0 amide bonds. The average Bonchev–Trinajstić information content (AvgIpc) is 2.13. The number of aliphatic carboxylic acids is 1. The molecule has 0 aromatic carbocycles. The van der Waals surface area contributed by atoms with Gasteiger partial charge in [0.2, 0.25) is 0 Å². The molecule has 0 fully saturated rings. The van der Waals surface area contributed by atoms with E-state index in [1.165, 1.54) is 0 Å². The fourth-order valence-electron chi connectivity index (χ4n) is 0.710. The van der Waals surface area contributed by atoms with Crippen molar-refractivity contribution in [1.29, 1.82) is 0 Å². The Balaban J connectivity index is 3.39. The van der Waals surface area contributed by atoms with Crippen molar-refractivity contribution < 1.29 is 24.2 Å². The summed E-state index contributed by atoms with van der Waals surface area (Å²) in [6.45, 7) is 4.20. The van der Waals surface area contributed by atoms with Crippen LogP contribution in [0.1, 0.15) is 26.7 Å². The van der Waals surface area contributed by atoms with Crippen molar-refractivity contribution >= 4 is 11.9 Å². The van der Waals surface area contributed by atoms with E-state index >= 15 is 0 Å². The summed E-state index contributed by atoms with van der Waals surface area (Å²) in [5, 5.41) is 8.29. The van der Waals surface area contributed by atoms with Gasteiger partial charge in [-0.15, -0.1) is 0 Å². The molecule has 0 aromatic heterocycles. The summed E-state index contributed by atoms with van der Waals surface area (Å²) in [7, 11) is 0. The Morgan fingerprint density at radius 3 is 2.40 bits per heavy atom. The quantitative estimate of drug-likeness (QED) is 0.395. The van der Waals surface area contributed by atoms with Gasteiger partial charge in [0.15, 0.2) is 0 Å². The molecular weight excluding hydrogens is 200 g/mol. The van der Waals surface area contributed by atoms with E-state index in [0.717, 1.165) is 5.57 Å². The van der Waals surface area contributed by atoms with Crippen LogP contribution in [0.25, 0.3) is 0 Å². The molecule has 0 aromatic rings. The van der Waals surface area contributed by atoms with Crippen LogP contribution in [0.3, 0.4) is 0 Å². The summed E-state index contributed by atoms with van der Waals surface area (Å²) in [6.07, 6.45) is 1.27. The number of rotatable bonds is 7. The van der Waals surface area contributed by atoms with Crippen LogP contribution < -0.4 is 0 Å². The van der Waals surface area contributed by atoms with Crippen molar-refractivity contribution in [2.45, 2.75) is 26.7 Å². The highest BCUT2D eigenvalue weighted by Gasteiger charge is 2.05. The highest BCUT2D eigenvalue weighted by Crippen LogP contribution is 1.94. The number of carbonyl (C=O) groups excluding carboxylic acids is 1. The molecule has 5 heteroatoms. The number of esters is 1. The summed E-state index contributed by atoms with van der Waals surface area (Å²) >= 11 is 0. The van der Waals surface area contributed by atoms with Crippen LogP contribution in [0, 0.1) is 0 Å². The topological polar surface area (TPSA) is 72.8 Å². The van der Waals surface area contributed by atoms with E-state index in [9.17, 15) is 9.59 Å². The molecule has 0 aliphatic rings. The zero-order valence-electron chi connectivity index (χ0n) is 8.99. The summed E-state index contributed by atoms with van der Waals surface area (Å²) in [5.41, 5.74) is 1.02. The maximum atomic E-state index is 10.9. The zero-order valence-corrected chi connectivity index (χ0v) is 8.99. The van der Waals surface area contributed by atoms with Gasteiger partial charge >= 0.3 is 11.9 Å². The van der Waals surface area contributed by atoms with Crippen molar-refractivity contribution in [3.63, 3.8) is 0 Å². The molecule has 0 saturated heterocycles. The van der Waals surface area contributed by atoms with Gasteiger partial charge in [0.05, 0.1) is 19.1 Å². The molecule has 86 valence electrons. The van der Waals surface area contributed by atoms with Gasteiger partial charge in [0, 0.05) is 0 Å². The maximum Gasteiger partial charge on any atom is 0.306 e. The van der Waals surface area contributed by atoms with Crippen LogP contribution in [0.5, 0.6) is 0 Å². The number of carboxylic acids is 1. The van der Waals surface area contributed by atoms with Crippen molar-refractivity contribution in [1.82, 2.24) is 0 Å². The van der Waals surface area contributed by atoms with Crippen molar-refractivity contribution in [3.8, 4) is 0 Å². The van der Waals surface area contributed by atoms with E-state index < -0.39 is 11.9 Å². The first-order chi connectivity index (χ1) is 7.02. The number of hydrogen-bond acceptors (Lipinski definition) is 4. The molecule has 0 heterocycles. The molecule has 0 atom stereocenters. The van der Waals surface area contributed by atoms with E-state index in [-0.39, 0.29) is 26.1 Å². The summed E-state index contributed by atoms with van der Waals surface area (Å²) < 4.78 is 9.73. The van der Waals surface area contributed by atoms with Gasteiger partial charge in [-0.3, -0.25) is 9.59 Å². The number of carbonyl (C=O) groups is 2. The van der Waals surface area contributed by atoms with E-state index in [4.69, 9.17) is 14.6 Å². The molecule has 0 aliphatic carbocycles. The summed E-state index contributed by atoms with van der Waals surface area (Å²) in [6, 6.07) is 0. The largest absolute Gasteiger partial charge is 0.498 e. The molecule has 5 nitrogen and oxygen atoms in total. The van der Waals surface area contributed by atoms with Gasteiger partial charge in [-0.05, 0) is 19.4 Å².